The molecule has 4 rings (SSSR count). The maximum atomic E-state index is 13.1. The first-order valence-electron chi connectivity index (χ1n) is 10.5. The second-order valence-electron chi connectivity index (χ2n) is 7.51. The number of barbiturate groups is 1. The predicted octanol–water partition coefficient (Wildman–Crippen LogP) is 5.65. The molecule has 3 aromatic carbocycles. The lowest BCUT2D eigenvalue weighted by atomic mass is 10.0. The molecule has 3 aromatic rings. The Morgan fingerprint density at radius 3 is 2.47 bits per heavy atom. The number of amides is 4. The molecule has 34 heavy (non-hydrogen) atoms. The van der Waals surface area contributed by atoms with Crippen molar-refractivity contribution in [2.45, 2.75) is 13.3 Å². The molecule has 1 saturated heterocycles. The minimum atomic E-state index is -0.834. The summed E-state index contributed by atoms with van der Waals surface area (Å²) < 4.78 is 5.82. The summed E-state index contributed by atoms with van der Waals surface area (Å²) in [6.45, 7) is 2.31. The van der Waals surface area contributed by atoms with E-state index in [4.69, 9.17) is 27.9 Å². The van der Waals surface area contributed by atoms with Gasteiger partial charge in [-0.05, 0) is 60.0 Å². The minimum absolute atomic E-state index is 0.180. The fourth-order valence-corrected chi connectivity index (χ4v) is 4.00. The lowest BCUT2D eigenvalue weighted by molar-refractivity contribution is -0.122. The number of anilines is 1. The third-order valence-corrected chi connectivity index (χ3v) is 5.81. The number of halogens is 2. The van der Waals surface area contributed by atoms with Gasteiger partial charge in [-0.1, -0.05) is 59.6 Å². The molecule has 0 saturated carbocycles. The Kier molecular flexibility index (Phi) is 7.01. The van der Waals surface area contributed by atoms with Crippen LogP contribution in [-0.4, -0.2) is 24.5 Å². The first kappa shape index (κ1) is 23.5. The highest BCUT2D eigenvalue weighted by atomic mass is 35.5. The third-order valence-electron chi connectivity index (χ3n) is 5.21. The number of nitrogens with zero attached hydrogens (tertiary/aromatic N) is 1. The Morgan fingerprint density at radius 1 is 0.941 bits per heavy atom. The van der Waals surface area contributed by atoms with Crippen LogP contribution in [0, 0.1) is 0 Å². The summed E-state index contributed by atoms with van der Waals surface area (Å²) in [6.07, 6.45) is 1.99. The summed E-state index contributed by atoms with van der Waals surface area (Å²) in [5.41, 5.74) is 2.52. The molecule has 0 atom stereocenters. The molecule has 0 unspecified atom stereocenters. The zero-order valence-corrected chi connectivity index (χ0v) is 19.7. The fourth-order valence-electron chi connectivity index (χ4n) is 3.62. The van der Waals surface area contributed by atoms with E-state index < -0.39 is 17.8 Å². The first-order chi connectivity index (χ1) is 16.4. The van der Waals surface area contributed by atoms with Crippen molar-refractivity contribution in [3.8, 4) is 5.75 Å². The van der Waals surface area contributed by atoms with E-state index in [1.807, 2.05) is 37.3 Å². The van der Waals surface area contributed by atoms with Crippen molar-refractivity contribution in [3.05, 3.63) is 99.0 Å². The molecule has 1 aliphatic rings. The number of hydrogen-bond donors (Lipinski definition) is 1. The van der Waals surface area contributed by atoms with Gasteiger partial charge in [0, 0.05) is 16.5 Å². The largest absolute Gasteiger partial charge is 0.494 e. The van der Waals surface area contributed by atoms with Gasteiger partial charge in [-0.15, -0.1) is 0 Å². The summed E-state index contributed by atoms with van der Waals surface area (Å²) in [7, 11) is 0. The predicted molar refractivity (Wildman–Crippen MR) is 132 cm³/mol. The molecule has 1 heterocycles. The molecule has 0 spiro atoms. The van der Waals surface area contributed by atoms with Crippen LogP contribution in [0.5, 0.6) is 5.75 Å². The molecule has 0 aromatic heterocycles. The van der Waals surface area contributed by atoms with Gasteiger partial charge in [0.05, 0.1) is 12.3 Å². The van der Waals surface area contributed by atoms with E-state index in [0.29, 0.717) is 34.4 Å². The summed E-state index contributed by atoms with van der Waals surface area (Å²) in [6, 6.07) is 18.4. The zero-order chi connectivity index (χ0) is 24.2. The Bertz CT molecular complexity index is 1320. The highest BCUT2D eigenvalue weighted by Crippen LogP contribution is 2.29. The summed E-state index contributed by atoms with van der Waals surface area (Å²) in [5, 5.41) is 3.22. The molecule has 8 heteroatoms. The molecule has 0 radical (unpaired) electrons. The minimum Gasteiger partial charge on any atom is -0.494 e. The number of carbonyl (C=O) groups is 3. The van der Waals surface area contributed by atoms with Crippen LogP contribution < -0.4 is 15.0 Å². The van der Waals surface area contributed by atoms with E-state index in [2.05, 4.69) is 5.32 Å². The molecule has 6 nitrogen and oxygen atoms in total. The molecule has 4 amide bonds. The average molecular weight is 495 g/mol. The summed E-state index contributed by atoms with van der Waals surface area (Å²) >= 11 is 12.3. The van der Waals surface area contributed by atoms with Gasteiger partial charge in [-0.2, -0.15) is 0 Å². The zero-order valence-electron chi connectivity index (χ0n) is 18.2. The Balaban J connectivity index is 1.68. The molecular weight excluding hydrogens is 475 g/mol. The molecular formula is C26H20Cl2N2O4. The van der Waals surface area contributed by atoms with Gasteiger partial charge in [-0.25, -0.2) is 9.69 Å². The van der Waals surface area contributed by atoms with Gasteiger partial charge in [0.15, 0.2) is 0 Å². The second-order valence-corrected chi connectivity index (χ2v) is 8.35. The number of benzene rings is 3. The Labute approximate surface area is 206 Å². The van der Waals surface area contributed by atoms with E-state index >= 15 is 0 Å². The van der Waals surface area contributed by atoms with Gasteiger partial charge in [0.25, 0.3) is 11.8 Å². The fraction of sp³-hybridized carbons (Fsp3) is 0.115. The molecule has 0 aliphatic carbocycles. The number of hydrogen-bond acceptors (Lipinski definition) is 4. The smallest absolute Gasteiger partial charge is 0.335 e. The van der Waals surface area contributed by atoms with Crippen LogP contribution in [0.2, 0.25) is 10.0 Å². The van der Waals surface area contributed by atoms with Gasteiger partial charge < -0.3 is 4.74 Å². The molecule has 1 aliphatic heterocycles. The van der Waals surface area contributed by atoms with Crippen molar-refractivity contribution in [1.29, 1.82) is 0 Å². The standard InChI is InChI=1S/C26H20Cl2N2O4/c1-2-34-23-13-16(10-11-18(23)14-17-6-3-4-9-22(17)28)12-21-24(31)29-26(33)30(25(21)32)20-8-5-7-19(27)15-20/h3-13,15H,2,14H2,1H3,(H,29,31,33)/b21-12+. The summed E-state index contributed by atoms with van der Waals surface area (Å²) in [4.78, 5) is 38.9. The normalized spacial score (nSPS) is 15.0. The number of urea groups is 1. The van der Waals surface area contributed by atoms with Crippen molar-refractivity contribution >= 4 is 52.8 Å². The lowest BCUT2D eigenvalue weighted by Gasteiger charge is -2.26. The summed E-state index contributed by atoms with van der Waals surface area (Å²) in [5.74, 6) is -0.899. The maximum absolute atomic E-state index is 13.1. The van der Waals surface area contributed by atoms with Crippen LogP contribution in [0.25, 0.3) is 6.08 Å². The molecule has 1 fully saturated rings. The Morgan fingerprint density at radius 2 is 1.74 bits per heavy atom. The van der Waals surface area contributed by atoms with E-state index in [1.54, 1.807) is 30.3 Å². The van der Waals surface area contributed by atoms with Gasteiger partial charge >= 0.3 is 6.03 Å². The number of nitrogens with one attached hydrogen (secondary N) is 1. The topological polar surface area (TPSA) is 75.7 Å². The van der Waals surface area contributed by atoms with Crippen LogP contribution in [0.4, 0.5) is 10.5 Å². The van der Waals surface area contributed by atoms with Crippen LogP contribution >= 0.6 is 23.2 Å². The van der Waals surface area contributed by atoms with E-state index in [0.717, 1.165) is 16.0 Å². The Hall–Kier alpha value is -3.61. The van der Waals surface area contributed by atoms with Crippen LogP contribution in [0.1, 0.15) is 23.6 Å². The second kappa shape index (κ2) is 10.1. The number of imide groups is 2. The van der Waals surface area contributed by atoms with E-state index in [1.165, 1.54) is 12.1 Å². The first-order valence-corrected chi connectivity index (χ1v) is 11.3. The van der Waals surface area contributed by atoms with Gasteiger partial charge in [0.1, 0.15) is 11.3 Å². The molecule has 1 N–H and O–H groups in total. The highest BCUT2D eigenvalue weighted by molar-refractivity contribution is 6.39. The third kappa shape index (κ3) is 4.98. The van der Waals surface area contributed by atoms with E-state index in [9.17, 15) is 14.4 Å². The van der Waals surface area contributed by atoms with Crippen LogP contribution in [-0.2, 0) is 16.0 Å². The van der Waals surface area contributed by atoms with Crippen molar-refractivity contribution in [2.75, 3.05) is 11.5 Å². The number of carbonyl (C=O) groups excluding carboxylic acids is 3. The maximum Gasteiger partial charge on any atom is 0.335 e. The van der Waals surface area contributed by atoms with Crippen LogP contribution in [0.15, 0.2) is 72.3 Å². The van der Waals surface area contributed by atoms with E-state index in [-0.39, 0.29) is 11.3 Å². The lowest BCUT2D eigenvalue weighted by Crippen LogP contribution is -2.54. The average Bonchev–Trinajstić information content (AvgIpc) is 2.80. The van der Waals surface area contributed by atoms with Gasteiger partial charge in [0.2, 0.25) is 0 Å². The SMILES string of the molecule is CCOc1cc(/C=C2\C(=O)NC(=O)N(c3cccc(Cl)c3)C2=O)ccc1Cc1ccccc1Cl. The van der Waals surface area contributed by atoms with Crippen molar-refractivity contribution in [3.63, 3.8) is 0 Å². The number of ether oxygens (including phenoxy) is 1. The van der Waals surface area contributed by atoms with Crippen molar-refractivity contribution in [1.82, 2.24) is 5.32 Å². The highest BCUT2D eigenvalue weighted by Gasteiger charge is 2.36. The monoisotopic (exact) mass is 494 g/mol. The quantitative estimate of drug-likeness (QED) is 0.354. The van der Waals surface area contributed by atoms with Gasteiger partial charge in [-0.3, -0.25) is 14.9 Å². The van der Waals surface area contributed by atoms with Crippen molar-refractivity contribution < 1.29 is 19.1 Å². The number of rotatable bonds is 6. The van der Waals surface area contributed by atoms with Crippen molar-refractivity contribution in [2.24, 2.45) is 0 Å². The van der Waals surface area contributed by atoms with Crippen LogP contribution in [0.3, 0.4) is 0 Å². The molecule has 0 bridgehead atoms. The molecule has 172 valence electrons.